The molecule has 0 heterocycles. The molecule has 128 valence electrons. The van der Waals surface area contributed by atoms with Crippen molar-refractivity contribution >= 4 is 8.32 Å². The monoisotopic (exact) mass is 332 g/mol. The summed E-state index contributed by atoms with van der Waals surface area (Å²) in [6.07, 6.45) is 1.98. The number of rotatable bonds is 7. The highest BCUT2D eigenvalue weighted by molar-refractivity contribution is 6.74. The molecule has 3 heteroatoms. The number of aryl methyl sites for hydroxylation is 1. The summed E-state index contributed by atoms with van der Waals surface area (Å²) in [7, 11) is 0.0828. The molecule has 0 aliphatic carbocycles. The van der Waals surface area contributed by atoms with Crippen LogP contribution in [0.15, 0.2) is 24.3 Å². The minimum absolute atomic E-state index is 0.129. The zero-order chi connectivity index (χ0) is 17.5. The summed E-state index contributed by atoms with van der Waals surface area (Å²) in [6.45, 7) is 14.1. The quantitative estimate of drug-likeness (QED) is 0.380. The predicted molar refractivity (Wildman–Crippen MR) is 101 cm³/mol. The number of hydrogen-bond acceptors (Lipinski definition) is 2. The van der Waals surface area contributed by atoms with Crippen LogP contribution in [0.1, 0.15) is 51.3 Å². The van der Waals surface area contributed by atoms with Crippen molar-refractivity contribution < 1.29 is 9.16 Å². The Bertz CT molecular complexity index is 529. The summed E-state index contributed by atoms with van der Waals surface area (Å²) < 4.78 is 11.6. The standard InChI is InChI=1S/C20H32O2Si/c1-8-10-19(21-5)18-14-12-17(13-15-18)11-9-16-22-23(6,7)20(2,3)4/h12-15,19H,9,11,16H2,1-7H3. The molecule has 0 radical (unpaired) electrons. The highest BCUT2D eigenvalue weighted by Crippen LogP contribution is 2.36. The van der Waals surface area contributed by atoms with Crippen molar-refractivity contribution in [3.8, 4) is 11.8 Å². The van der Waals surface area contributed by atoms with Crippen molar-refractivity contribution in [1.82, 2.24) is 0 Å². The van der Waals surface area contributed by atoms with E-state index in [2.05, 4.69) is 70.0 Å². The van der Waals surface area contributed by atoms with Gasteiger partial charge >= 0.3 is 0 Å². The topological polar surface area (TPSA) is 18.5 Å². The zero-order valence-electron chi connectivity index (χ0n) is 15.8. The second-order valence-electron chi connectivity index (χ2n) is 7.46. The van der Waals surface area contributed by atoms with Crippen LogP contribution in [0, 0.1) is 11.8 Å². The lowest BCUT2D eigenvalue weighted by Gasteiger charge is -2.36. The van der Waals surface area contributed by atoms with Crippen LogP contribution in [0.2, 0.25) is 18.1 Å². The molecule has 23 heavy (non-hydrogen) atoms. The molecule has 0 aromatic heterocycles. The van der Waals surface area contributed by atoms with Crippen LogP contribution in [-0.4, -0.2) is 22.0 Å². The van der Waals surface area contributed by atoms with E-state index in [9.17, 15) is 0 Å². The summed E-state index contributed by atoms with van der Waals surface area (Å²) in [4.78, 5) is 0. The van der Waals surface area contributed by atoms with Gasteiger partial charge in [-0.15, -0.1) is 5.92 Å². The average molecular weight is 333 g/mol. The van der Waals surface area contributed by atoms with Crippen molar-refractivity contribution in [2.75, 3.05) is 13.7 Å². The van der Waals surface area contributed by atoms with Crippen LogP contribution in [0.5, 0.6) is 0 Å². The maximum atomic E-state index is 6.23. The first-order chi connectivity index (χ1) is 10.7. The lowest BCUT2D eigenvalue weighted by molar-refractivity contribution is 0.150. The maximum Gasteiger partial charge on any atom is 0.191 e. The van der Waals surface area contributed by atoms with E-state index in [-0.39, 0.29) is 11.1 Å². The van der Waals surface area contributed by atoms with Crippen molar-refractivity contribution in [3.63, 3.8) is 0 Å². The van der Waals surface area contributed by atoms with E-state index in [4.69, 9.17) is 9.16 Å². The van der Waals surface area contributed by atoms with Gasteiger partial charge in [-0.05, 0) is 49.0 Å². The van der Waals surface area contributed by atoms with Crippen LogP contribution in [0.3, 0.4) is 0 Å². The Labute approximate surface area is 143 Å². The molecule has 0 aliphatic rings. The zero-order valence-corrected chi connectivity index (χ0v) is 16.8. The lowest BCUT2D eigenvalue weighted by atomic mass is 10.0. The molecule has 0 fully saturated rings. The van der Waals surface area contributed by atoms with Gasteiger partial charge < -0.3 is 9.16 Å². The molecule has 0 spiro atoms. The smallest absolute Gasteiger partial charge is 0.191 e. The SMILES string of the molecule is CC#CC(OC)c1ccc(CCCO[Si](C)(C)C(C)(C)C)cc1. The van der Waals surface area contributed by atoms with Gasteiger partial charge in [-0.25, -0.2) is 0 Å². The number of benzene rings is 1. The van der Waals surface area contributed by atoms with Gasteiger partial charge in [-0.3, -0.25) is 0 Å². The maximum absolute atomic E-state index is 6.23. The van der Waals surface area contributed by atoms with E-state index in [0.29, 0.717) is 0 Å². The van der Waals surface area contributed by atoms with E-state index in [1.165, 1.54) is 5.56 Å². The van der Waals surface area contributed by atoms with Crippen molar-refractivity contribution in [2.24, 2.45) is 0 Å². The third-order valence-corrected chi connectivity index (χ3v) is 9.21. The summed E-state index contributed by atoms with van der Waals surface area (Å²) >= 11 is 0. The van der Waals surface area contributed by atoms with Crippen molar-refractivity contribution in [2.45, 2.75) is 64.8 Å². The number of hydrogen-bond donors (Lipinski definition) is 0. The first kappa shape index (κ1) is 20.0. The first-order valence-corrected chi connectivity index (χ1v) is 11.3. The molecule has 0 bridgehead atoms. The lowest BCUT2D eigenvalue weighted by Crippen LogP contribution is -2.41. The van der Waals surface area contributed by atoms with E-state index in [1.54, 1.807) is 7.11 Å². The fourth-order valence-corrected chi connectivity index (χ4v) is 3.18. The average Bonchev–Trinajstić information content (AvgIpc) is 2.49. The Morgan fingerprint density at radius 3 is 2.22 bits per heavy atom. The van der Waals surface area contributed by atoms with Crippen LogP contribution < -0.4 is 0 Å². The fourth-order valence-electron chi connectivity index (χ4n) is 2.09. The molecule has 1 aromatic rings. The minimum Gasteiger partial charge on any atom is -0.417 e. The van der Waals surface area contributed by atoms with E-state index in [0.717, 1.165) is 25.0 Å². The molecule has 0 N–H and O–H groups in total. The molecule has 0 amide bonds. The molecule has 1 rings (SSSR count). The Morgan fingerprint density at radius 1 is 1.13 bits per heavy atom. The second-order valence-corrected chi connectivity index (χ2v) is 12.3. The Morgan fingerprint density at radius 2 is 1.74 bits per heavy atom. The predicted octanol–water partition coefficient (Wildman–Crippen LogP) is 5.35. The van der Waals surface area contributed by atoms with Crippen LogP contribution in [0.4, 0.5) is 0 Å². The van der Waals surface area contributed by atoms with Gasteiger partial charge in [-0.1, -0.05) is 51.0 Å². The molecule has 0 aliphatic heterocycles. The Balaban J connectivity index is 2.49. The van der Waals surface area contributed by atoms with Gasteiger partial charge in [0, 0.05) is 13.7 Å². The summed E-state index contributed by atoms with van der Waals surface area (Å²) in [6, 6.07) is 8.57. The summed E-state index contributed by atoms with van der Waals surface area (Å²) in [5.41, 5.74) is 2.45. The van der Waals surface area contributed by atoms with Crippen molar-refractivity contribution in [3.05, 3.63) is 35.4 Å². The first-order valence-electron chi connectivity index (χ1n) is 8.39. The molecule has 0 saturated heterocycles. The molecule has 1 aromatic carbocycles. The highest BCUT2D eigenvalue weighted by Gasteiger charge is 2.36. The van der Waals surface area contributed by atoms with Gasteiger partial charge in [-0.2, -0.15) is 0 Å². The van der Waals surface area contributed by atoms with Crippen molar-refractivity contribution in [1.29, 1.82) is 0 Å². The number of methoxy groups -OCH3 is 1. The molecule has 2 nitrogen and oxygen atoms in total. The Kier molecular flexibility index (Phi) is 7.53. The van der Waals surface area contributed by atoms with E-state index < -0.39 is 8.32 Å². The second kappa shape index (κ2) is 8.68. The van der Waals surface area contributed by atoms with Crippen LogP contribution in [0.25, 0.3) is 0 Å². The Hall–Kier alpha value is -1.08. The van der Waals surface area contributed by atoms with E-state index >= 15 is 0 Å². The highest BCUT2D eigenvalue weighted by atomic mass is 28.4. The number of ether oxygens (including phenoxy) is 1. The summed E-state index contributed by atoms with van der Waals surface area (Å²) in [5.74, 6) is 5.98. The normalized spacial score (nSPS) is 13.3. The molecule has 1 atom stereocenters. The van der Waals surface area contributed by atoms with Crippen LogP contribution >= 0.6 is 0 Å². The van der Waals surface area contributed by atoms with Gasteiger partial charge in [0.25, 0.3) is 0 Å². The fraction of sp³-hybridized carbons (Fsp3) is 0.600. The van der Waals surface area contributed by atoms with Gasteiger partial charge in [0.2, 0.25) is 0 Å². The van der Waals surface area contributed by atoms with Gasteiger partial charge in [0.05, 0.1) is 0 Å². The van der Waals surface area contributed by atoms with Gasteiger partial charge in [0.15, 0.2) is 8.32 Å². The third kappa shape index (κ3) is 6.14. The largest absolute Gasteiger partial charge is 0.417 e. The molecule has 1 unspecified atom stereocenters. The minimum atomic E-state index is -1.61. The van der Waals surface area contributed by atoms with Gasteiger partial charge in [0.1, 0.15) is 6.10 Å². The molecular formula is C20H32O2Si. The third-order valence-electron chi connectivity index (χ3n) is 4.67. The summed E-state index contributed by atoms with van der Waals surface area (Å²) in [5, 5.41) is 0.282. The van der Waals surface area contributed by atoms with E-state index in [1.807, 2.05) is 6.92 Å². The van der Waals surface area contributed by atoms with Crippen LogP contribution in [-0.2, 0) is 15.6 Å². The molecular weight excluding hydrogens is 300 g/mol. The molecule has 0 saturated carbocycles.